The Hall–Kier alpha value is -0.930. The summed E-state index contributed by atoms with van der Waals surface area (Å²) in [4.78, 5) is 4.16. The number of pyridine rings is 1. The van der Waals surface area contributed by atoms with Gasteiger partial charge < -0.3 is 10.1 Å². The zero-order valence-electron chi connectivity index (χ0n) is 10.1. The predicted molar refractivity (Wildman–Crippen MR) is 64.3 cm³/mol. The number of nitrogens with zero attached hydrogens (tertiary/aromatic N) is 1. The molecule has 2 rings (SSSR count). The molecule has 1 aromatic rings. The van der Waals surface area contributed by atoms with Gasteiger partial charge in [-0.1, -0.05) is 6.92 Å². The third-order valence-electron chi connectivity index (χ3n) is 3.26. The van der Waals surface area contributed by atoms with Gasteiger partial charge in [0.25, 0.3) is 0 Å². The van der Waals surface area contributed by atoms with E-state index >= 15 is 0 Å². The fourth-order valence-electron chi connectivity index (χ4n) is 2.40. The van der Waals surface area contributed by atoms with Crippen molar-refractivity contribution in [1.82, 2.24) is 10.3 Å². The molecule has 16 heavy (non-hydrogen) atoms. The molecular formula is C13H20N2O. The van der Waals surface area contributed by atoms with Gasteiger partial charge in [0.2, 0.25) is 0 Å². The second kappa shape index (κ2) is 5.41. The number of aromatic nitrogens is 1. The molecule has 2 atom stereocenters. The number of ether oxygens (including phenoxy) is 1. The number of rotatable bonds is 4. The van der Waals surface area contributed by atoms with Gasteiger partial charge in [0.05, 0.1) is 6.61 Å². The molecule has 0 saturated carbocycles. The van der Waals surface area contributed by atoms with Gasteiger partial charge in [0, 0.05) is 31.0 Å². The van der Waals surface area contributed by atoms with Crippen LogP contribution in [0.5, 0.6) is 0 Å². The van der Waals surface area contributed by atoms with Crippen LogP contribution >= 0.6 is 0 Å². The molecule has 0 aliphatic carbocycles. The van der Waals surface area contributed by atoms with Crippen molar-refractivity contribution in [2.45, 2.75) is 26.3 Å². The third kappa shape index (κ3) is 2.42. The van der Waals surface area contributed by atoms with E-state index in [1.807, 2.05) is 12.4 Å². The topological polar surface area (TPSA) is 34.2 Å². The van der Waals surface area contributed by atoms with Gasteiger partial charge in [0.1, 0.15) is 0 Å². The lowest BCUT2D eigenvalue weighted by Crippen LogP contribution is -2.29. The molecule has 0 radical (unpaired) electrons. The molecule has 2 unspecified atom stereocenters. The van der Waals surface area contributed by atoms with Gasteiger partial charge in [-0.15, -0.1) is 0 Å². The SMILES string of the molecule is CCNC(c1ccncc1C)C1CCOC1. The lowest BCUT2D eigenvalue weighted by Gasteiger charge is -2.25. The first-order valence-electron chi connectivity index (χ1n) is 6.04. The Kier molecular flexibility index (Phi) is 3.91. The highest BCUT2D eigenvalue weighted by molar-refractivity contribution is 5.26. The van der Waals surface area contributed by atoms with Crippen molar-refractivity contribution in [3.8, 4) is 0 Å². The Morgan fingerprint density at radius 1 is 1.62 bits per heavy atom. The van der Waals surface area contributed by atoms with Crippen LogP contribution in [0.1, 0.15) is 30.5 Å². The van der Waals surface area contributed by atoms with Crippen molar-refractivity contribution < 1.29 is 4.74 Å². The average Bonchev–Trinajstić information content (AvgIpc) is 2.80. The second-order valence-electron chi connectivity index (χ2n) is 4.39. The lowest BCUT2D eigenvalue weighted by molar-refractivity contribution is 0.177. The fraction of sp³-hybridized carbons (Fsp3) is 0.615. The molecule has 0 spiro atoms. The first-order chi connectivity index (χ1) is 7.83. The highest BCUT2D eigenvalue weighted by Gasteiger charge is 2.27. The van der Waals surface area contributed by atoms with Crippen molar-refractivity contribution in [1.29, 1.82) is 0 Å². The second-order valence-corrected chi connectivity index (χ2v) is 4.39. The maximum atomic E-state index is 5.49. The van der Waals surface area contributed by atoms with E-state index in [1.54, 1.807) is 0 Å². The quantitative estimate of drug-likeness (QED) is 0.843. The molecule has 1 aliphatic heterocycles. The number of aryl methyl sites for hydroxylation is 1. The molecule has 0 amide bonds. The molecule has 3 heteroatoms. The van der Waals surface area contributed by atoms with E-state index in [-0.39, 0.29) is 0 Å². The van der Waals surface area contributed by atoms with E-state index < -0.39 is 0 Å². The normalized spacial score (nSPS) is 22.2. The minimum Gasteiger partial charge on any atom is -0.381 e. The van der Waals surface area contributed by atoms with Crippen molar-refractivity contribution in [2.75, 3.05) is 19.8 Å². The van der Waals surface area contributed by atoms with Crippen molar-refractivity contribution in [3.05, 3.63) is 29.6 Å². The first kappa shape index (κ1) is 11.6. The van der Waals surface area contributed by atoms with Crippen LogP contribution in [0.4, 0.5) is 0 Å². The van der Waals surface area contributed by atoms with Gasteiger partial charge in [-0.05, 0) is 37.1 Å². The average molecular weight is 220 g/mol. The van der Waals surface area contributed by atoms with Crippen LogP contribution in [0.15, 0.2) is 18.5 Å². The minimum atomic E-state index is 0.412. The van der Waals surface area contributed by atoms with Gasteiger partial charge in [-0.25, -0.2) is 0 Å². The van der Waals surface area contributed by atoms with E-state index in [0.717, 1.165) is 26.2 Å². The summed E-state index contributed by atoms with van der Waals surface area (Å²) in [5.74, 6) is 0.598. The van der Waals surface area contributed by atoms with Gasteiger partial charge >= 0.3 is 0 Å². The number of hydrogen-bond donors (Lipinski definition) is 1. The summed E-state index contributed by atoms with van der Waals surface area (Å²) in [6, 6.07) is 2.54. The van der Waals surface area contributed by atoms with Crippen molar-refractivity contribution >= 4 is 0 Å². The van der Waals surface area contributed by atoms with E-state index in [4.69, 9.17) is 4.74 Å². The molecule has 1 fully saturated rings. The number of nitrogens with one attached hydrogen (secondary N) is 1. The Balaban J connectivity index is 2.21. The highest BCUT2D eigenvalue weighted by Crippen LogP contribution is 2.30. The summed E-state index contributed by atoms with van der Waals surface area (Å²) in [6.45, 7) is 7.04. The monoisotopic (exact) mass is 220 g/mol. The molecule has 1 saturated heterocycles. The van der Waals surface area contributed by atoms with Crippen molar-refractivity contribution in [2.24, 2.45) is 5.92 Å². The predicted octanol–water partition coefficient (Wildman–Crippen LogP) is 2.08. The Morgan fingerprint density at radius 3 is 3.12 bits per heavy atom. The van der Waals surface area contributed by atoms with Crippen molar-refractivity contribution in [3.63, 3.8) is 0 Å². The Bertz CT molecular complexity index is 334. The summed E-state index contributed by atoms with van der Waals surface area (Å²) in [7, 11) is 0. The summed E-state index contributed by atoms with van der Waals surface area (Å²) < 4.78 is 5.49. The molecule has 88 valence electrons. The highest BCUT2D eigenvalue weighted by atomic mass is 16.5. The molecule has 1 aromatic heterocycles. The summed E-state index contributed by atoms with van der Waals surface area (Å²) >= 11 is 0. The smallest absolute Gasteiger partial charge is 0.0513 e. The molecule has 2 heterocycles. The third-order valence-corrected chi connectivity index (χ3v) is 3.26. The van der Waals surface area contributed by atoms with Crippen LogP contribution in [0.3, 0.4) is 0 Å². The maximum Gasteiger partial charge on any atom is 0.0513 e. The first-order valence-corrected chi connectivity index (χ1v) is 6.04. The minimum absolute atomic E-state index is 0.412. The standard InChI is InChI=1S/C13H20N2O/c1-3-15-13(11-5-7-16-9-11)12-4-6-14-8-10(12)2/h4,6,8,11,13,15H,3,5,7,9H2,1-2H3. The van der Waals surface area contributed by atoms with Crippen LogP contribution in [-0.4, -0.2) is 24.7 Å². The van der Waals surface area contributed by atoms with Crippen LogP contribution in [0.25, 0.3) is 0 Å². The Morgan fingerprint density at radius 2 is 2.50 bits per heavy atom. The summed E-state index contributed by atoms with van der Waals surface area (Å²) in [6.07, 6.45) is 4.97. The number of hydrogen-bond acceptors (Lipinski definition) is 3. The molecule has 1 aliphatic rings. The van der Waals surface area contributed by atoms with E-state index in [2.05, 4.69) is 30.2 Å². The molecule has 0 aromatic carbocycles. The zero-order chi connectivity index (χ0) is 11.4. The van der Waals surface area contributed by atoms with E-state index in [0.29, 0.717) is 12.0 Å². The van der Waals surface area contributed by atoms with Gasteiger partial charge in [0.15, 0.2) is 0 Å². The Labute approximate surface area is 97.2 Å². The zero-order valence-corrected chi connectivity index (χ0v) is 10.1. The van der Waals surface area contributed by atoms with Crippen LogP contribution in [0, 0.1) is 12.8 Å². The summed E-state index contributed by atoms with van der Waals surface area (Å²) in [5, 5.41) is 3.57. The largest absolute Gasteiger partial charge is 0.381 e. The maximum absolute atomic E-state index is 5.49. The summed E-state index contributed by atoms with van der Waals surface area (Å²) in [5.41, 5.74) is 2.63. The van der Waals surface area contributed by atoms with Crippen LogP contribution < -0.4 is 5.32 Å². The van der Waals surface area contributed by atoms with Gasteiger partial charge in [-0.2, -0.15) is 0 Å². The molecule has 1 N–H and O–H groups in total. The van der Waals surface area contributed by atoms with Gasteiger partial charge in [-0.3, -0.25) is 4.98 Å². The molecule has 0 bridgehead atoms. The van der Waals surface area contributed by atoms with E-state index in [1.165, 1.54) is 11.1 Å². The molecular weight excluding hydrogens is 200 g/mol. The van der Waals surface area contributed by atoms with Crippen LogP contribution in [-0.2, 0) is 4.74 Å². The molecule has 3 nitrogen and oxygen atoms in total. The van der Waals surface area contributed by atoms with E-state index in [9.17, 15) is 0 Å². The van der Waals surface area contributed by atoms with Crippen LogP contribution in [0.2, 0.25) is 0 Å². The lowest BCUT2D eigenvalue weighted by atomic mass is 9.90. The fourth-order valence-corrected chi connectivity index (χ4v) is 2.40.